The minimum Gasteiger partial charge on any atom is -0.352 e. The Morgan fingerprint density at radius 3 is 2.94 bits per heavy atom. The number of aromatic nitrogens is 2. The smallest absolute Gasteiger partial charge is 0.255 e. The number of aryl methyl sites for hydroxylation is 2. The molecule has 2 rings (SSSR count). The number of carbonyl (C=O) groups is 1. The van der Waals surface area contributed by atoms with E-state index in [-0.39, 0.29) is 5.91 Å². The third kappa shape index (κ3) is 2.85. The van der Waals surface area contributed by atoms with Gasteiger partial charge >= 0.3 is 0 Å². The molecule has 94 valence electrons. The van der Waals surface area contributed by atoms with Crippen LogP contribution in [0.3, 0.4) is 0 Å². The van der Waals surface area contributed by atoms with E-state index in [0.717, 1.165) is 37.4 Å². The topological polar surface area (TPSA) is 69.8 Å². The van der Waals surface area contributed by atoms with Crippen LogP contribution in [0.5, 0.6) is 0 Å². The van der Waals surface area contributed by atoms with Gasteiger partial charge in [0.05, 0.1) is 11.3 Å². The van der Waals surface area contributed by atoms with Gasteiger partial charge in [0.15, 0.2) is 0 Å². The summed E-state index contributed by atoms with van der Waals surface area (Å²) in [5.41, 5.74) is 2.29. The van der Waals surface area contributed by atoms with Crippen molar-refractivity contribution in [2.24, 2.45) is 5.92 Å². The second kappa shape index (κ2) is 5.31. The van der Waals surface area contributed by atoms with Gasteiger partial charge in [-0.15, -0.1) is 0 Å². The summed E-state index contributed by atoms with van der Waals surface area (Å²) in [6, 6.07) is 0. The summed E-state index contributed by atoms with van der Waals surface area (Å²) in [6.45, 7) is 6.66. The van der Waals surface area contributed by atoms with Gasteiger partial charge in [-0.1, -0.05) is 0 Å². The maximum absolute atomic E-state index is 11.9. The number of hydrogen-bond acceptors (Lipinski definition) is 3. The largest absolute Gasteiger partial charge is 0.352 e. The lowest BCUT2D eigenvalue weighted by atomic mass is 10.1. The Morgan fingerprint density at radius 1 is 1.53 bits per heavy atom. The molecular formula is C12H20N4O. The van der Waals surface area contributed by atoms with Crippen LogP contribution in [0.15, 0.2) is 0 Å². The molecule has 0 aliphatic carbocycles. The minimum atomic E-state index is -0.0142. The van der Waals surface area contributed by atoms with Gasteiger partial charge in [0.1, 0.15) is 0 Å². The summed E-state index contributed by atoms with van der Waals surface area (Å²) in [6.07, 6.45) is 2.27. The average Bonchev–Trinajstić information content (AvgIpc) is 2.89. The Labute approximate surface area is 101 Å². The fourth-order valence-electron chi connectivity index (χ4n) is 2.32. The van der Waals surface area contributed by atoms with Crippen LogP contribution in [0.2, 0.25) is 0 Å². The van der Waals surface area contributed by atoms with E-state index < -0.39 is 0 Å². The van der Waals surface area contributed by atoms with Crippen molar-refractivity contribution in [3.63, 3.8) is 0 Å². The van der Waals surface area contributed by atoms with E-state index in [1.54, 1.807) is 0 Å². The van der Waals surface area contributed by atoms with Gasteiger partial charge in [0.25, 0.3) is 5.91 Å². The van der Waals surface area contributed by atoms with Gasteiger partial charge in [0, 0.05) is 12.2 Å². The lowest BCUT2D eigenvalue weighted by molar-refractivity contribution is 0.0950. The van der Waals surface area contributed by atoms with Crippen molar-refractivity contribution >= 4 is 5.91 Å². The average molecular weight is 236 g/mol. The minimum absolute atomic E-state index is 0.0142. The molecule has 17 heavy (non-hydrogen) atoms. The predicted octanol–water partition coefficient (Wildman–Crippen LogP) is 0.756. The number of carbonyl (C=O) groups excluding carboxylic acids is 1. The molecule has 0 aromatic carbocycles. The summed E-state index contributed by atoms with van der Waals surface area (Å²) in [4.78, 5) is 11.9. The van der Waals surface area contributed by atoms with E-state index >= 15 is 0 Å². The molecule has 2 heterocycles. The van der Waals surface area contributed by atoms with Crippen LogP contribution in [0.1, 0.15) is 34.6 Å². The zero-order valence-corrected chi connectivity index (χ0v) is 10.5. The molecule has 5 heteroatoms. The monoisotopic (exact) mass is 236 g/mol. The first-order chi connectivity index (χ1) is 8.18. The molecule has 1 fully saturated rings. The molecule has 1 aromatic heterocycles. The molecule has 1 unspecified atom stereocenters. The molecule has 1 aliphatic rings. The molecular weight excluding hydrogens is 216 g/mol. The number of amides is 1. The van der Waals surface area contributed by atoms with Crippen LogP contribution in [-0.4, -0.2) is 35.7 Å². The van der Waals surface area contributed by atoms with Gasteiger partial charge in [-0.05, 0) is 45.7 Å². The van der Waals surface area contributed by atoms with E-state index in [9.17, 15) is 4.79 Å². The number of H-pyrrole nitrogens is 1. The normalized spacial score (nSPS) is 19.5. The lowest BCUT2D eigenvalue weighted by Gasteiger charge is -2.09. The number of nitrogens with one attached hydrogen (secondary N) is 3. The Bertz CT molecular complexity index is 374. The summed E-state index contributed by atoms with van der Waals surface area (Å²) in [5.74, 6) is 0.696. The van der Waals surface area contributed by atoms with Crippen molar-refractivity contribution in [3.8, 4) is 0 Å². The first-order valence-electron chi connectivity index (χ1n) is 6.19. The summed E-state index contributed by atoms with van der Waals surface area (Å²) in [7, 11) is 0. The van der Waals surface area contributed by atoms with Crippen molar-refractivity contribution in [3.05, 3.63) is 17.0 Å². The SMILES string of the molecule is Cc1n[nH]c(C)c1C(=O)NCCC1CCNC1. The third-order valence-corrected chi connectivity index (χ3v) is 3.36. The van der Waals surface area contributed by atoms with Crippen LogP contribution in [0.4, 0.5) is 0 Å². The number of hydrogen-bond donors (Lipinski definition) is 3. The summed E-state index contributed by atoms with van der Waals surface area (Å²) in [5, 5.41) is 13.2. The molecule has 1 aromatic rings. The van der Waals surface area contributed by atoms with Gasteiger partial charge in [-0.2, -0.15) is 5.10 Å². The van der Waals surface area contributed by atoms with Crippen molar-refractivity contribution in [1.29, 1.82) is 0 Å². The fourth-order valence-corrected chi connectivity index (χ4v) is 2.32. The van der Waals surface area contributed by atoms with Crippen molar-refractivity contribution in [2.75, 3.05) is 19.6 Å². The van der Waals surface area contributed by atoms with Crippen LogP contribution in [0.25, 0.3) is 0 Å². The number of rotatable bonds is 4. The zero-order chi connectivity index (χ0) is 12.3. The number of aromatic amines is 1. The molecule has 5 nitrogen and oxygen atoms in total. The first-order valence-corrected chi connectivity index (χ1v) is 6.19. The molecule has 0 saturated carbocycles. The molecule has 1 saturated heterocycles. The van der Waals surface area contributed by atoms with Crippen LogP contribution in [0, 0.1) is 19.8 Å². The van der Waals surface area contributed by atoms with Crippen LogP contribution in [-0.2, 0) is 0 Å². The van der Waals surface area contributed by atoms with Crippen molar-refractivity contribution in [1.82, 2.24) is 20.8 Å². The zero-order valence-electron chi connectivity index (χ0n) is 10.5. The van der Waals surface area contributed by atoms with Crippen LogP contribution < -0.4 is 10.6 Å². The van der Waals surface area contributed by atoms with Crippen molar-refractivity contribution < 1.29 is 4.79 Å². The Kier molecular flexibility index (Phi) is 3.78. The fraction of sp³-hybridized carbons (Fsp3) is 0.667. The second-order valence-electron chi connectivity index (χ2n) is 4.71. The first kappa shape index (κ1) is 12.1. The lowest BCUT2D eigenvalue weighted by Crippen LogP contribution is -2.27. The Balaban J connectivity index is 1.81. The molecule has 1 atom stereocenters. The maximum atomic E-state index is 11.9. The third-order valence-electron chi connectivity index (χ3n) is 3.36. The predicted molar refractivity (Wildman–Crippen MR) is 66.0 cm³/mol. The molecule has 0 spiro atoms. The van der Waals surface area contributed by atoms with Gasteiger partial charge in [-0.25, -0.2) is 0 Å². The second-order valence-corrected chi connectivity index (χ2v) is 4.71. The van der Waals surface area contributed by atoms with E-state index in [1.165, 1.54) is 6.42 Å². The van der Waals surface area contributed by atoms with E-state index in [0.29, 0.717) is 11.5 Å². The molecule has 0 bridgehead atoms. The molecule has 3 N–H and O–H groups in total. The molecule has 1 aliphatic heterocycles. The summed E-state index contributed by atoms with van der Waals surface area (Å²) < 4.78 is 0. The molecule has 1 amide bonds. The van der Waals surface area contributed by atoms with E-state index in [1.807, 2.05) is 13.8 Å². The Hall–Kier alpha value is -1.36. The standard InChI is InChI=1S/C12H20N4O/c1-8-11(9(2)16-15-8)12(17)14-6-4-10-3-5-13-7-10/h10,13H,3-7H2,1-2H3,(H,14,17)(H,15,16). The Morgan fingerprint density at radius 2 is 2.35 bits per heavy atom. The highest BCUT2D eigenvalue weighted by atomic mass is 16.1. The highest BCUT2D eigenvalue weighted by Crippen LogP contribution is 2.12. The highest BCUT2D eigenvalue weighted by Gasteiger charge is 2.17. The quantitative estimate of drug-likeness (QED) is 0.722. The van der Waals surface area contributed by atoms with E-state index in [2.05, 4.69) is 20.8 Å². The van der Waals surface area contributed by atoms with Crippen molar-refractivity contribution in [2.45, 2.75) is 26.7 Å². The molecule has 0 radical (unpaired) electrons. The van der Waals surface area contributed by atoms with Crippen LogP contribution >= 0.6 is 0 Å². The van der Waals surface area contributed by atoms with Gasteiger partial charge in [0.2, 0.25) is 0 Å². The maximum Gasteiger partial charge on any atom is 0.255 e. The van der Waals surface area contributed by atoms with E-state index in [4.69, 9.17) is 0 Å². The number of nitrogens with zero attached hydrogens (tertiary/aromatic N) is 1. The summed E-state index contributed by atoms with van der Waals surface area (Å²) >= 11 is 0. The van der Waals surface area contributed by atoms with Gasteiger partial charge in [-0.3, -0.25) is 9.89 Å². The van der Waals surface area contributed by atoms with Gasteiger partial charge < -0.3 is 10.6 Å². The highest BCUT2D eigenvalue weighted by molar-refractivity contribution is 5.96.